The van der Waals surface area contributed by atoms with Crippen LogP contribution in [-0.4, -0.2) is 41.5 Å². The number of hydrogen-bond donors (Lipinski definition) is 2. The third-order valence-corrected chi connectivity index (χ3v) is 6.16. The van der Waals surface area contributed by atoms with Crippen molar-refractivity contribution in [3.05, 3.63) is 53.1 Å². The molecule has 2 aromatic carbocycles. The second-order valence-electron chi connectivity index (χ2n) is 6.36. The Balaban J connectivity index is 1.74. The van der Waals surface area contributed by atoms with Crippen molar-refractivity contribution in [1.29, 1.82) is 0 Å². The lowest BCUT2D eigenvalue weighted by atomic mass is 10.1. The molecule has 0 saturated carbocycles. The maximum absolute atomic E-state index is 12.9. The van der Waals surface area contributed by atoms with Crippen molar-refractivity contribution >= 4 is 61.9 Å². The lowest BCUT2D eigenvalue weighted by Crippen LogP contribution is -2.44. The van der Waals surface area contributed by atoms with E-state index in [0.29, 0.717) is 28.7 Å². The minimum atomic E-state index is -0.702. The molecule has 0 aliphatic heterocycles. The topological polar surface area (TPSA) is 80.3 Å². The smallest absolute Gasteiger partial charge is 0.253 e. The summed E-state index contributed by atoms with van der Waals surface area (Å²) in [6.45, 7) is 2.50. The molecule has 30 heavy (non-hydrogen) atoms. The van der Waals surface area contributed by atoms with E-state index in [-0.39, 0.29) is 11.8 Å². The number of hydrogen-bond acceptors (Lipinski definition) is 6. The summed E-state index contributed by atoms with van der Waals surface area (Å²) in [6.07, 6.45) is 2.44. The van der Waals surface area contributed by atoms with Crippen LogP contribution in [0.25, 0.3) is 10.2 Å². The Morgan fingerprint density at radius 3 is 2.80 bits per heavy atom. The largest absolute Gasteiger partial charge is 0.494 e. The van der Waals surface area contributed by atoms with E-state index in [1.807, 2.05) is 31.4 Å². The molecular formula is C21H22ClN3O3S2. The van der Waals surface area contributed by atoms with Crippen molar-refractivity contribution in [3.8, 4) is 5.75 Å². The highest BCUT2D eigenvalue weighted by molar-refractivity contribution is 7.98. The van der Waals surface area contributed by atoms with E-state index < -0.39 is 6.04 Å². The minimum absolute atomic E-state index is 0.312. The molecule has 0 aliphatic carbocycles. The predicted molar refractivity (Wildman–Crippen MR) is 125 cm³/mol. The third kappa shape index (κ3) is 5.65. The zero-order chi connectivity index (χ0) is 21.5. The first-order valence-corrected chi connectivity index (χ1v) is 12.0. The summed E-state index contributed by atoms with van der Waals surface area (Å²) in [5.74, 6) is 0.788. The second kappa shape index (κ2) is 10.7. The van der Waals surface area contributed by atoms with Gasteiger partial charge in [-0.3, -0.25) is 9.59 Å². The zero-order valence-electron chi connectivity index (χ0n) is 16.6. The molecule has 158 valence electrons. The Bertz CT molecular complexity index is 1040. The number of nitrogens with zero attached hydrogens (tertiary/aromatic N) is 1. The SMILES string of the molecule is CCOc1ccc2nc(NC(=O)[C@@H](CCSC)NC(=O)c3ccccc3Cl)sc2c1. The molecule has 2 amide bonds. The van der Waals surface area contributed by atoms with E-state index in [9.17, 15) is 9.59 Å². The summed E-state index contributed by atoms with van der Waals surface area (Å²) < 4.78 is 6.43. The Morgan fingerprint density at radius 1 is 1.27 bits per heavy atom. The number of halogens is 1. The molecule has 6 nitrogen and oxygen atoms in total. The molecule has 0 bridgehead atoms. The van der Waals surface area contributed by atoms with Gasteiger partial charge in [0.25, 0.3) is 5.91 Å². The van der Waals surface area contributed by atoms with Gasteiger partial charge in [-0.15, -0.1) is 0 Å². The highest BCUT2D eigenvalue weighted by Gasteiger charge is 2.23. The molecule has 1 aromatic heterocycles. The minimum Gasteiger partial charge on any atom is -0.494 e. The number of thiazole rings is 1. The summed E-state index contributed by atoms with van der Waals surface area (Å²) in [7, 11) is 0. The third-order valence-electron chi connectivity index (χ3n) is 4.25. The Kier molecular flexibility index (Phi) is 7.95. The van der Waals surface area contributed by atoms with Gasteiger partial charge in [0.05, 0.1) is 27.4 Å². The lowest BCUT2D eigenvalue weighted by molar-refractivity contribution is -0.118. The maximum atomic E-state index is 12.9. The van der Waals surface area contributed by atoms with Crippen molar-refractivity contribution < 1.29 is 14.3 Å². The van der Waals surface area contributed by atoms with E-state index in [4.69, 9.17) is 16.3 Å². The van der Waals surface area contributed by atoms with Crippen LogP contribution < -0.4 is 15.4 Å². The van der Waals surface area contributed by atoms with Crippen molar-refractivity contribution in [1.82, 2.24) is 10.3 Å². The summed E-state index contributed by atoms with van der Waals surface area (Å²) in [4.78, 5) is 30.0. The molecule has 0 unspecified atom stereocenters. The average molecular weight is 464 g/mol. The van der Waals surface area contributed by atoms with Crippen molar-refractivity contribution in [2.75, 3.05) is 23.9 Å². The molecule has 3 rings (SSSR count). The molecule has 1 atom stereocenters. The van der Waals surface area contributed by atoms with Gasteiger partial charge in [0.2, 0.25) is 5.91 Å². The van der Waals surface area contributed by atoms with Crippen LogP contribution in [0.5, 0.6) is 5.75 Å². The normalized spacial score (nSPS) is 11.8. The predicted octanol–water partition coefficient (Wildman–Crippen LogP) is 4.84. The van der Waals surface area contributed by atoms with Crippen LogP contribution >= 0.6 is 34.7 Å². The molecule has 1 heterocycles. The van der Waals surface area contributed by atoms with Crippen LogP contribution in [0.3, 0.4) is 0 Å². The van der Waals surface area contributed by atoms with Crippen LogP contribution in [-0.2, 0) is 4.79 Å². The van der Waals surface area contributed by atoms with Crippen molar-refractivity contribution in [3.63, 3.8) is 0 Å². The Hall–Kier alpha value is -2.29. The van der Waals surface area contributed by atoms with E-state index >= 15 is 0 Å². The average Bonchev–Trinajstić information content (AvgIpc) is 3.12. The Labute approximate surface area is 188 Å². The van der Waals surface area contributed by atoms with Crippen LogP contribution in [0, 0.1) is 0 Å². The van der Waals surface area contributed by atoms with Crippen LogP contribution in [0.1, 0.15) is 23.7 Å². The van der Waals surface area contributed by atoms with Gasteiger partial charge >= 0.3 is 0 Å². The Morgan fingerprint density at radius 2 is 2.07 bits per heavy atom. The molecule has 0 saturated heterocycles. The first kappa shape index (κ1) is 22.4. The molecule has 0 radical (unpaired) electrons. The van der Waals surface area contributed by atoms with Gasteiger partial charge < -0.3 is 15.4 Å². The molecule has 9 heteroatoms. The molecule has 0 aliphatic rings. The van der Waals surface area contributed by atoms with E-state index in [1.54, 1.807) is 36.0 Å². The molecular weight excluding hydrogens is 442 g/mol. The van der Waals surface area contributed by atoms with Gasteiger partial charge in [-0.25, -0.2) is 4.98 Å². The van der Waals surface area contributed by atoms with Crippen molar-refractivity contribution in [2.24, 2.45) is 0 Å². The van der Waals surface area contributed by atoms with E-state index in [1.165, 1.54) is 11.3 Å². The quantitative estimate of drug-likeness (QED) is 0.474. The monoisotopic (exact) mass is 463 g/mol. The highest BCUT2D eigenvalue weighted by atomic mass is 35.5. The first-order valence-electron chi connectivity index (χ1n) is 9.40. The fourth-order valence-electron chi connectivity index (χ4n) is 2.79. The number of carbonyl (C=O) groups is 2. The lowest BCUT2D eigenvalue weighted by Gasteiger charge is -2.17. The number of ether oxygens (including phenoxy) is 1. The number of rotatable bonds is 9. The van der Waals surface area contributed by atoms with Gasteiger partial charge in [-0.05, 0) is 55.7 Å². The molecule has 0 spiro atoms. The van der Waals surface area contributed by atoms with Crippen LogP contribution in [0.15, 0.2) is 42.5 Å². The summed E-state index contributed by atoms with van der Waals surface area (Å²) in [6, 6.07) is 11.7. The van der Waals surface area contributed by atoms with E-state index in [2.05, 4.69) is 15.6 Å². The van der Waals surface area contributed by atoms with Gasteiger partial charge in [-0.2, -0.15) is 11.8 Å². The number of amides is 2. The second-order valence-corrected chi connectivity index (χ2v) is 8.78. The highest BCUT2D eigenvalue weighted by Crippen LogP contribution is 2.29. The molecule has 0 fully saturated rings. The zero-order valence-corrected chi connectivity index (χ0v) is 19.0. The fourth-order valence-corrected chi connectivity index (χ4v) is 4.38. The molecule has 3 aromatic rings. The number of aromatic nitrogens is 1. The number of anilines is 1. The number of thioether (sulfide) groups is 1. The first-order chi connectivity index (χ1) is 14.5. The van der Waals surface area contributed by atoms with Gasteiger partial charge in [0.15, 0.2) is 5.13 Å². The summed E-state index contributed by atoms with van der Waals surface area (Å²) in [5.41, 5.74) is 1.11. The number of carbonyl (C=O) groups excluding carboxylic acids is 2. The summed E-state index contributed by atoms with van der Waals surface area (Å²) >= 11 is 9.08. The van der Waals surface area contributed by atoms with Crippen LogP contribution in [0.2, 0.25) is 5.02 Å². The van der Waals surface area contributed by atoms with Gasteiger partial charge in [-0.1, -0.05) is 35.1 Å². The van der Waals surface area contributed by atoms with Gasteiger partial charge in [0.1, 0.15) is 11.8 Å². The van der Waals surface area contributed by atoms with E-state index in [0.717, 1.165) is 21.7 Å². The maximum Gasteiger partial charge on any atom is 0.253 e. The van der Waals surface area contributed by atoms with Crippen LogP contribution in [0.4, 0.5) is 5.13 Å². The van der Waals surface area contributed by atoms with Crippen molar-refractivity contribution in [2.45, 2.75) is 19.4 Å². The summed E-state index contributed by atoms with van der Waals surface area (Å²) in [5, 5.41) is 6.45. The number of benzene rings is 2. The number of fused-ring (bicyclic) bond motifs is 1. The van der Waals surface area contributed by atoms with Gasteiger partial charge in [0, 0.05) is 0 Å². The standard InChI is InChI=1S/C21H22ClN3O3S2/c1-3-28-13-8-9-16-18(12-13)30-21(24-16)25-20(27)17(10-11-29-2)23-19(26)14-6-4-5-7-15(14)22/h4-9,12,17H,3,10-11H2,1-2H3,(H,23,26)(H,24,25,27)/t17-/m1/s1. The fraction of sp³-hybridized carbons (Fsp3) is 0.286. The number of nitrogens with one attached hydrogen (secondary N) is 2. The molecule has 2 N–H and O–H groups in total.